The molecule has 15 nitrogen and oxygen atoms in total. The molecule has 2 heterocycles. The van der Waals surface area contributed by atoms with Gasteiger partial charge in [-0.05, 0) is 41.7 Å². The van der Waals surface area contributed by atoms with Crippen molar-refractivity contribution < 1.29 is 19.0 Å². The predicted molar refractivity (Wildman–Crippen MR) is 164 cm³/mol. The van der Waals surface area contributed by atoms with Crippen LogP contribution < -0.4 is 30.7 Å². The second-order valence-electron chi connectivity index (χ2n) is 9.71. The number of unbranched alkanes of at least 4 members (excludes halogenated alkanes) is 4. The molecule has 230 valence electrons. The molecule has 0 unspecified atom stereocenters. The summed E-state index contributed by atoms with van der Waals surface area (Å²) in [7, 11) is 3.23. The number of para-hydroxylation sites is 1. The van der Waals surface area contributed by atoms with Gasteiger partial charge in [-0.25, -0.2) is 4.63 Å². The smallest absolute Gasteiger partial charge is 0.300 e. The zero-order chi connectivity index (χ0) is 30.4. The summed E-state index contributed by atoms with van der Waals surface area (Å²) in [5, 5.41) is 31.8. The van der Waals surface area contributed by atoms with Crippen molar-refractivity contribution in [1.82, 2.24) is 25.3 Å². The summed E-state index contributed by atoms with van der Waals surface area (Å²) in [5.74, 6) is 2.79. The first-order chi connectivity index (χ1) is 21.0. The molecule has 4 aromatic rings. The van der Waals surface area contributed by atoms with Crippen LogP contribution in [0.4, 0.5) is 29.2 Å². The van der Waals surface area contributed by atoms with E-state index >= 15 is 0 Å². The lowest BCUT2D eigenvalue weighted by molar-refractivity contribution is -0.383. The second-order valence-corrected chi connectivity index (χ2v) is 9.71. The van der Waals surface area contributed by atoms with Crippen molar-refractivity contribution in [2.75, 3.05) is 55.1 Å². The number of ether oxygens (including phenoxy) is 2. The van der Waals surface area contributed by atoms with Crippen LogP contribution in [0.3, 0.4) is 0 Å². The second kappa shape index (κ2) is 15.9. The molecule has 0 saturated carbocycles. The summed E-state index contributed by atoms with van der Waals surface area (Å²) in [6.45, 7) is 4.76. The van der Waals surface area contributed by atoms with Gasteiger partial charge in [0.05, 0.1) is 24.8 Å². The van der Waals surface area contributed by atoms with Crippen LogP contribution in [-0.2, 0) is 6.54 Å². The molecule has 4 N–H and O–H groups in total. The van der Waals surface area contributed by atoms with E-state index in [1.165, 1.54) is 6.07 Å². The Kier molecular flexibility index (Phi) is 11.5. The molecule has 0 atom stereocenters. The molecule has 0 saturated heterocycles. The molecule has 2 aromatic carbocycles. The monoisotopic (exact) mass is 594 g/mol. The Balaban J connectivity index is 1.25. The fourth-order valence-electron chi connectivity index (χ4n) is 4.43. The van der Waals surface area contributed by atoms with Gasteiger partial charge in [0.25, 0.3) is 0 Å². The number of nitro groups is 1. The molecular weight excluding hydrogens is 556 g/mol. The average Bonchev–Trinajstić information content (AvgIpc) is 3.51. The van der Waals surface area contributed by atoms with Crippen LogP contribution in [0.1, 0.15) is 51.0 Å². The lowest BCUT2D eigenvalue weighted by atomic mass is 10.2. The number of methoxy groups -OCH3 is 2. The summed E-state index contributed by atoms with van der Waals surface area (Å²) in [5.41, 5.74) is 1.95. The number of fused-ring (bicyclic) bond motifs is 1. The lowest BCUT2D eigenvalue weighted by Crippen LogP contribution is -2.14. The van der Waals surface area contributed by atoms with E-state index < -0.39 is 4.92 Å². The first kappa shape index (κ1) is 31.0. The minimum Gasteiger partial charge on any atom is -0.493 e. The van der Waals surface area contributed by atoms with Gasteiger partial charge in [0.15, 0.2) is 17.0 Å². The van der Waals surface area contributed by atoms with Crippen molar-refractivity contribution in [2.45, 2.75) is 52.0 Å². The predicted octanol–water partition coefficient (Wildman–Crippen LogP) is 5.24. The molecule has 0 bridgehead atoms. The van der Waals surface area contributed by atoms with E-state index in [0.717, 1.165) is 50.6 Å². The summed E-state index contributed by atoms with van der Waals surface area (Å²) < 4.78 is 15.7. The number of benzene rings is 2. The average molecular weight is 595 g/mol. The number of aromatic nitrogens is 5. The van der Waals surface area contributed by atoms with E-state index in [9.17, 15) is 10.1 Å². The fraction of sp³-hybridized carbons (Fsp3) is 0.464. The summed E-state index contributed by atoms with van der Waals surface area (Å²) in [6, 6.07) is 8.76. The van der Waals surface area contributed by atoms with Gasteiger partial charge in [-0.2, -0.15) is 15.0 Å². The quantitative estimate of drug-likeness (QED) is 0.0626. The highest BCUT2D eigenvalue weighted by molar-refractivity contribution is 5.93. The van der Waals surface area contributed by atoms with Crippen molar-refractivity contribution in [2.24, 2.45) is 0 Å². The highest BCUT2D eigenvalue weighted by Crippen LogP contribution is 2.31. The fourth-order valence-corrected chi connectivity index (χ4v) is 4.43. The van der Waals surface area contributed by atoms with Gasteiger partial charge in [-0.3, -0.25) is 10.1 Å². The van der Waals surface area contributed by atoms with Crippen LogP contribution in [-0.4, -0.2) is 64.0 Å². The third-order valence-corrected chi connectivity index (χ3v) is 6.66. The van der Waals surface area contributed by atoms with E-state index in [0.29, 0.717) is 60.2 Å². The zero-order valence-corrected chi connectivity index (χ0v) is 24.7. The molecule has 0 amide bonds. The maximum absolute atomic E-state index is 11.2. The van der Waals surface area contributed by atoms with E-state index in [1.807, 2.05) is 18.2 Å². The van der Waals surface area contributed by atoms with Crippen LogP contribution in [0, 0.1) is 10.1 Å². The molecule has 4 rings (SSSR count). The highest BCUT2D eigenvalue weighted by Gasteiger charge is 2.19. The molecule has 15 heteroatoms. The first-order valence-corrected chi connectivity index (χ1v) is 14.3. The van der Waals surface area contributed by atoms with Gasteiger partial charge in [-0.1, -0.05) is 38.3 Å². The van der Waals surface area contributed by atoms with Gasteiger partial charge < -0.3 is 30.7 Å². The summed E-state index contributed by atoms with van der Waals surface area (Å²) in [6.07, 6.45) is 5.93. The number of nitrogens with one attached hydrogen (secondary N) is 4. The number of nitrogens with zero attached hydrogens (tertiary/aromatic N) is 6. The van der Waals surface area contributed by atoms with E-state index in [-0.39, 0.29) is 11.2 Å². The van der Waals surface area contributed by atoms with Crippen molar-refractivity contribution >= 4 is 40.3 Å². The number of nitro benzene ring substituents is 1. The Bertz CT molecular complexity index is 1480. The van der Waals surface area contributed by atoms with E-state index in [2.05, 4.69) is 53.5 Å². The number of rotatable bonds is 19. The third-order valence-electron chi connectivity index (χ3n) is 6.66. The van der Waals surface area contributed by atoms with Crippen molar-refractivity contribution in [3.63, 3.8) is 0 Å². The van der Waals surface area contributed by atoms with Crippen LogP contribution >= 0.6 is 0 Å². The lowest BCUT2D eigenvalue weighted by Gasteiger charge is -2.14. The maximum Gasteiger partial charge on any atom is 0.300 e. The van der Waals surface area contributed by atoms with Gasteiger partial charge in [0.1, 0.15) is 0 Å². The summed E-state index contributed by atoms with van der Waals surface area (Å²) >= 11 is 0. The SMILES string of the molecule is CCCCNc1nc(NCCCCCCNc2ccc([N+](=O)[O-])c3nonc23)nc(NCc2cccc(OC)c2OC)n1. The Labute approximate surface area is 249 Å². The number of hydrogen-bond donors (Lipinski definition) is 4. The molecule has 0 fully saturated rings. The molecule has 2 aromatic heterocycles. The Morgan fingerprint density at radius 2 is 1.44 bits per heavy atom. The zero-order valence-electron chi connectivity index (χ0n) is 24.7. The molecule has 0 radical (unpaired) electrons. The normalized spacial score (nSPS) is 10.9. The number of anilines is 4. The largest absolute Gasteiger partial charge is 0.493 e. The standard InChI is InChI=1S/C28H38N10O5/c1-4-5-15-30-26-33-27(35-28(34-26)32-18-19-11-10-12-22(41-2)25(19)42-3)31-17-9-7-6-8-16-29-20-13-14-21(38(39)40)24-23(20)36-43-37-24/h10-14,29H,4-9,15-18H2,1-3H3,(H3,30,31,32,33,34,35). The van der Waals surface area contributed by atoms with Gasteiger partial charge in [-0.15, -0.1) is 0 Å². The van der Waals surface area contributed by atoms with Crippen LogP contribution in [0.5, 0.6) is 11.5 Å². The van der Waals surface area contributed by atoms with Gasteiger partial charge in [0, 0.05) is 37.8 Å². The van der Waals surface area contributed by atoms with Crippen LogP contribution in [0.2, 0.25) is 0 Å². The molecule has 0 aliphatic carbocycles. The molecule has 0 aliphatic rings. The maximum atomic E-state index is 11.2. The number of hydrogen-bond acceptors (Lipinski definition) is 14. The molecule has 0 aliphatic heterocycles. The minimum absolute atomic E-state index is 0.128. The Hall–Kier alpha value is -4.95. The van der Waals surface area contributed by atoms with Crippen molar-refractivity contribution in [3.05, 3.63) is 46.0 Å². The summed E-state index contributed by atoms with van der Waals surface area (Å²) in [4.78, 5) is 24.3. The first-order valence-electron chi connectivity index (χ1n) is 14.3. The van der Waals surface area contributed by atoms with Crippen molar-refractivity contribution in [1.29, 1.82) is 0 Å². The third kappa shape index (κ3) is 8.53. The minimum atomic E-state index is -0.498. The van der Waals surface area contributed by atoms with E-state index in [4.69, 9.17) is 14.1 Å². The number of non-ortho nitro benzene ring substituents is 1. The Morgan fingerprint density at radius 1 is 0.791 bits per heavy atom. The topological polar surface area (TPSA) is 187 Å². The van der Waals surface area contributed by atoms with Crippen LogP contribution in [0.25, 0.3) is 11.0 Å². The molecule has 43 heavy (non-hydrogen) atoms. The molecular formula is C28H38N10O5. The molecule has 0 spiro atoms. The van der Waals surface area contributed by atoms with E-state index in [1.54, 1.807) is 20.3 Å². The van der Waals surface area contributed by atoms with Crippen molar-refractivity contribution in [3.8, 4) is 11.5 Å². The van der Waals surface area contributed by atoms with Crippen LogP contribution in [0.15, 0.2) is 35.0 Å². The van der Waals surface area contributed by atoms with Gasteiger partial charge >= 0.3 is 5.69 Å². The highest BCUT2D eigenvalue weighted by atomic mass is 16.6. The van der Waals surface area contributed by atoms with Gasteiger partial charge in [0.2, 0.25) is 23.4 Å². The Morgan fingerprint density at radius 3 is 2.09 bits per heavy atom.